The molecule has 2 aliphatic heterocycles. The minimum atomic E-state index is -0.259. The molecule has 12 heavy (non-hydrogen) atoms. The zero-order chi connectivity index (χ0) is 8.55. The monoisotopic (exact) mass is 170 g/mol. The lowest BCUT2D eigenvalue weighted by molar-refractivity contribution is -0.130. The fourth-order valence-corrected chi connectivity index (χ4v) is 1.86. The summed E-state index contributed by atoms with van der Waals surface area (Å²) in [4.78, 5) is 13.3. The van der Waals surface area contributed by atoms with Gasteiger partial charge in [-0.15, -0.1) is 0 Å². The number of nitrogens with zero attached hydrogens (tertiary/aromatic N) is 1. The lowest BCUT2D eigenvalue weighted by Gasteiger charge is -2.22. The van der Waals surface area contributed by atoms with Crippen LogP contribution >= 0.6 is 0 Å². The Morgan fingerprint density at radius 2 is 2.33 bits per heavy atom. The van der Waals surface area contributed by atoms with Crippen LogP contribution in [-0.4, -0.2) is 42.6 Å². The molecular formula is C8H14N2O2. The van der Waals surface area contributed by atoms with Crippen LogP contribution in [0.1, 0.15) is 12.8 Å². The third kappa shape index (κ3) is 1.21. The first-order valence-electron chi connectivity index (χ1n) is 4.43. The molecule has 0 aromatic carbocycles. The largest absolute Gasteiger partial charge is 0.379 e. The molecule has 2 rings (SSSR count). The molecule has 0 bridgehead atoms. The van der Waals surface area contributed by atoms with Gasteiger partial charge >= 0.3 is 0 Å². The van der Waals surface area contributed by atoms with Crippen molar-refractivity contribution in [3.05, 3.63) is 0 Å². The number of likely N-dealkylation sites (tertiary alicyclic amines) is 1. The van der Waals surface area contributed by atoms with E-state index in [-0.39, 0.29) is 11.9 Å². The van der Waals surface area contributed by atoms with Gasteiger partial charge in [-0.1, -0.05) is 0 Å². The number of rotatable bonds is 1. The number of nitrogens with two attached hydrogens (primary N) is 1. The maximum Gasteiger partial charge on any atom is 0.239 e. The molecule has 4 nitrogen and oxygen atoms in total. The molecule has 1 amide bonds. The normalized spacial score (nSPS) is 36.4. The topological polar surface area (TPSA) is 55.6 Å². The Labute approximate surface area is 71.7 Å². The second-order valence-electron chi connectivity index (χ2n) is 3.44. The van der Waals surface area contributed by atoms with Crippen LogP contribution in [0.4, 0.5) is 0 Å². The van der Waals surface area contributed by atoms with Crippen LogP contribution in [0, 0.1) is 0 Å². The predicted octanol–water partition coefficient (Wildman–Crippen LogP) is -0.665. The quantitative estimate of drug-likeness (QED) is 0.568. The number of carbonyl (C=O) groups excluding carboxylic acids is 1. The van der Waals surface area contributed by atoms with E-state index in [1.165, 1.54) is 0 Å². The van der Waals surface area contributed by atoms with Crippen LogP contribution in [0.25, 0.3) is 0 Å². The van der Waals surface area contributed by atoms with Crippen molar-refractivity contribution in [1.29, 1.82) is 0 Å². The molecule has 0 radical (unpaired) electrons. The van der Waals surface area contributed by atoms with E-state index in [2.05, 4.69) is 0 Å². The maximum atomic E-state index is 11.4. The van der Waals surface area contributed by atoms with Gasteiger partial charge in [-0.25, -0.2) is 0 Å². The lowest BCUT2D eigenvalue weighted by atomic mass is 10.2. The number of ether oxygens (including phenoxy) is 1. The van der Waals surface area contributed by atoms with Crippen molar-refractivity contribution in [2.45, 2.75) is 24.9 Å². The van der Waals surface area contributed by atoms with Gasteiger partial charge < -0.3 is 15.4 Å². The molecule has 2 atom stereocenters. The predicted molar refractivity (Wildman–Crippen MR) is 43.5 cm³/mol. The van der Waals surface area contributed by atoms with Crippen LogP contribution in [0.3, 0.4) is 0 Å². The van der Waals surface area contributed by atoms with E-state index in [4.69, 9.17) is 10.5 Å². The highest BCUT2D eigenvalue weighted by Gasteiger charge is 2.35. The molecule has 2 N–H and O–H groups in total. The zero-order valence-corrected chi connectivity index (χ0v) is 7.03. The summed E-state index contributed by atoms with van der Waals surface area (Å²) >= 11 is 0. The molecule has 2 heterocycles. The van der Waals surface area contributed by atoms with Crippen LogP contribution in [0.15, 0.2) is 0 Å². The summed E-state index contributed by atoms with van der Waals surface area (Å²) in [6.45, 7) is 2.29. The summed E-state index contributed by atoms with van der Waals surface area (Å²) in [5, 5.41) is 0. The van der Waals surface area contributed by atoms with Gasteiger partial charge in [0.1, 0.15) is 0 Å². The highest BCUT2D eigenvalue weighted by molar-refractivity contribution is 5.84. The average Bonchev–Trinajstić information content (AvgIpc) is 2.64. The first-order valence-corrected chi connectivity index (χ1v) is 4.43. The van der Waals surface area contributed by atoms with Gasteiger partial charge in [-0.2, -0.15) is 0 Å². The second kappa shape index (κ2) is 3.03. The molecule has 0 aromatic heterocycles. The van der Waals surface area contributed by atoms with Crippen molar-refractivity contribution in [1.82, 2.24) is 4.90 Å². The minimum absolute atomic E-state index is 0.102. The molecule has 2 fully saturated rings. The lowest BCUT2D eigenvalue weighted by Crippen LogP contribution is -2.41. The third-order valence-corrected chi connectivity index (χ3v) is 2.63. The van der Waals surface area contributed by atoms with Crippen molar-refractivity contribution in [2.75, 3.05) is 19.8 Å². The first kappa shape index (κ1) is 8.01. The van der Waals surface area contributed by atoms with Crippen molar-refractivity contribution < 1.29 is 9.53 Å². The Morgan fingerprint density at radius 3 is 2.83 bits per heavy atom. The summed E-state index contributed by atoms with van der Waals surface area (Å²) < 4.78 is 5.22. The average molecular weight is 170 g/mol. The highest BCUT2D eigenvalue weighted by Crippen LogP contribution is 2.18. The Hall–Kier alpha value is -0.610. The zero-order valence-electron chi connectivity index (χ0n) is 7.03. The van der Waals surface area contributed by atoms with E-state index in [9.17, 15) is 4.79 Å². The van der Waals surface area contributed by atoms with Gasteiger partial charge in [0.25, 0.3) is 0 Å². The van der Waals surface area contributed by atoms with E-state index in [1.54, 1.807) is 0 Å². The SMILES string of the molecule is NC1CCN(C2CCOC2)C1=O. The van der Waals surface area contributed by atoms with Crippen molar-refractivity contribution >= 4 is 5.91 Å². The summed E-state index contributed by atoms with van der Waals surface area (Å²) in [7, 11) is 0. The third-order valence-electron chi connectivity index (χ3n) is 2.63. The number of amides is 1. The van der Waals surface area contributed by atoms with Gasteiger partial charge in [-0.3, -0.25) is 4.79 Å². The van der Waals surface area contributed by atoms with Crippen LogP contribution in [-0.2, 0) is 9.53 Å². The van der Waals surface area contributed by atoms with Crippen molar-refractivity contribution in [3.63, 3.8) is 0 Å². The molecular weight excluding hydrogens is 156 g/mol. The molecule has 0 aliphatic carbocycles. The molecule has 2 unspecified atom stereocenters. The summed E-state index contributed by atoms with van der Waals surface area (Å²) in [5.74, 6) is 0.102. The summed E-state index contributed by atoms with van der Waals surface area (Å²) in [6.07, 6.45) is 1.77. The smallest absolute Gasteiger partial charge is 0.239 e. The van der Waals surface area contributed by atoms with Gasteiger partial charge in [0.2, 0.25) is 5.91 Å². The van der Waals surface area contributed by atoms with E-state index in [1.807, 2.05) is 4.90 Å². The summed E-state index contributed by atoms with van der Waals surface area (Å²) in [5.41, 5.74) is 5.60. The Morgan fingerprint density at radius 1 is 1.50 bits per heavy atom. The maximum absolute atomic E-state index is 11.4. The Bertz CT molecular complexity index is 189. The minimum Gasteiger partial charge on any atom is -0.379 e. The standard InChI is InChI=1S/C8H14N2O2/c9-7-1-3-10(8(7)11)6-2-4-12-5-6/h6-7H,1-5,9H2. The summed E-state index contributed by atoms with van der Waals surface area (Å²) in [6, 6.07) is 0.0386. The van der Waals surface area contributed by atoms with Crippen molar-refractivity contribution in [3.8, 4) is 0 Å². The fourth-order valence-electron chi connectivity index (χ4n) is 1.86. The molecule has 68 valence electrons. The first-order chi connectivity index (χ1) is 5.79. The van der Waals surface area contributed by atoms with E-state index >= 15 is 0 Å². The molecule has 2 saturated heterocycles. The number of carbonyl (C=O) groups is 1. The molecule has 4 heteroatoms. The molecule has 0 saturated carbocycles. The Balaban J connectivity index is 1.99. The van der Waals surface area contributed by atoms with Gasteiger partial charge in [-0.05, 0) is 12.8 Å². The van der Waals surface area contributed by atoms with E-state index in [0.29, 0.717) is 12.6 Å². The van der Waals surface area contributed by atoms with Crippen molar-refractivity contribution in [2.24, 2.45) is 5.73 Å². The molecule has 2 aliphatic rings. The van der Waals surface area contributed by atoms with Gasteiger partial charge in [0, 0.05) is 13.2 Å². The van der Waals surface area contributed by atoms with Crippen LogP contribution in [0.5, 0.6) is 0 Å². The highest BCUT2D eigenvalue weighted by atomic mass is 16.5. The molecule has 0 aromatic rings. The number of hydrogen-bond acceptors (Lipinski definition) is 3. The van der Waals surface area contributed by atoms with E-state index in [0.717, 1.165) is 26.0 Å². The molecule has 0 spiro atoms. The van der Waals surface area contributed by atoms with Gasteiger partial charge in [0.05, 0.1) is 18.7 Å². The van der Waals surface area contributed by atoms with Crippen LogP contribution in [0.2, 0.25) is 0 Å². The van der Waals surface area contributed by atoms with Gasteiger partial charge in [0.15, 0.2) is 0 Å². The van der Waals surface area contributed by atoms with E-state index < -0.39 is 0 Å². The second-order valence-corrected chi connectivity index (χ2v) is 3.44. The Kier molecular flexibility index (Phi) is 2.02. The van der Waals surface area contributed by atoms with Crippen LogP contribution < -0.4 is 5.73 Å². The fraction of sp³-hybridized carbons (Fsp3) is 0.875. The number of hydrogen-bond donors (Lipinski definition) is 1.